The number of amides is 1. The second-order valence-corrected chi connectivity index (χ2v) is 11.4. The first-order valence-electron chi connectivity index (χ1n) is 14.5. The summed E-state index contributed by atoms with van der Waals surface area (Å²) in [5.74, 6) is 2.42. The van der Waals surface area contributed by atoms with Crippen molar-refractivity contribution >= 4 is 35.2 Å². The van der Waals surface area contributed by atoms with Crippen LogP contribution in [0.2, 0.25) is 10.0 Å². The number of carbonyl (C=O) groups excluding carboxylic acids is 1. The number of hydrogen-bond acceptors (Lipinski definition) is 6. The minimum atomic E-state index is -0.0112. The fraction of sp³-hybridized carbons (Fsp3) is 0.257. The smallest absolute Gasteiger partial charge is 0.246 e. The maximum Gasteiger partial charge on any atom is 0.246 e. The molecule has 1 aliphatic rings. The van der Waals surface area contributed by atoms with Crippen molar-refractivity contribution < 1.29 is 19.0 Å². The van der Waals surface area contributed by atoms with Crippen LogP contribution in [-0.4, -0.2) is 60.6 Å². The Labute approximate surface area is 268 Å². The van der Waals surface area contributed by atoms with E-state index in [9.17, 15) is 4.79 Å². The molecule has 228 valence electrons. The van der Waals surface area contributed by atoms with Crippen LogP contribution in [-0.2, 0) is 17.8 Å². The number of hydrogen-bond donors (Lipinski definition) is 0. The Morgan fingerprint density at radius 1 is 0.909 bits per heavy atom. The number of carbonyl (C=O) groups is 1. The molecule has 0 N–H and O–H groups in total. The molecule has 44 heavy (non-hydrogen) atoms. The van der Waals surface area contributed by atoms with Crippen molar-refractivity contribution in [3.63, 3.8) is 0 Å². The predicted octanol–water partition coefficient (Wildman–Crippen LogP) is 7.48. The number of methoxy groups -OCH3 is 1. The zero-order valence-electron chi connectivity index (χ0n) is 24.8. The number of rotatable bonds is 11. The monoisotopic (exact) mass is 631 g/mol. The molecule has 1 saturated heterocycles. The summed E-state index contributed by atoms with van der Waals surface area (Å²) in [6.45, 7) is 6.31. The van der Waals surface area contributed by atoms with Gasteiger partial charge >= 0.3 is 0 Å². The Hall–Kier alpha value is -4.04. The minimum absolute atomic E-state index is 0.0112. The maximum absolute atomic E-state index is 12.9. The van der Waals surface area contributed by atoms with Crippen LogP contribution in [0.1, 0.15) is 22.3 Å². The molecule has 3 aromatic carbocycles. The summed E-state index contributed by atoms with van der Waals surface area (Å²) >= 11 is 12.5. The Morgan fingerprint density at radius 2 is 1.61 bits per heavy atom. The Kier molecular flexibility index (Phi) is 10.8. The molecule has 0 spiro atoms. The summed E-state index contributed by atoms with van der Waals surface area (Å²) in [6, 6.07) is 23.1. The number of pyridine rings is 1. The zero-order valence-corrected chi connectivity index (χ0v) is 26.4. The van der Waals surface area contributed by atoms with Gasteiger partial charge in [-0.3, -0.25) is 9.69 Å². The van der Waals surface area contributed by atoms with Gasteiger partial charge in [0.05, 0.1) is 24.9 Å². The Bertz CT molecular complexity index is 1540. The van der Waals surface area contributed by atoms with Crippen LogP contribution in [0.5, 0.6) is 23.1 Å². The topological polar surface area (TPSA) is 64.1 Å². The quantitative estimate of drug-likeness (QED) is 0.160. The van der Waals surface area contributed by atoms with Crippen molar-refractivity contribution in [3.8, 4) is 23.1 Å². The van der Waals surface area contributed by atoms with Crippen molar-refractivity contribution in [2.75, 3.05) is 39.9 Å². The summed E-state index contributed by atoms with van der Waals surface area (Å²) in [6.07, 6.45) is 5.79. The number of aromatic nitrogens is 1. The second-order valence-electron chi connectivity index (χ2n) is 10.6. The molecule has 0 aliphatic carbocycles. The molecule has 0 bridgehead atoms. The minimum Gasteiger partial charge on any atom is -0.497 e. The van der Waals surface area contributed by atoms with Gasteiger partial charge in [0, 0.05) is 56.3 Å². The molecule has 1 aliphatic heterocycles. The van der Waals surface area contributed by atoms with E-state index in [0.717, 1.165) is 48.5 Å². The lowest BCUT2D eigenvalue weighted by Crippen LogP contribution is -2.47. The maximum atomic E-state index is 12.9. The third-order valence-electron chi connectivity index (χ3n) is 7.41. The van der Waals surface area contributed by atoms with E-state index in [-0.39, 0.29) is 5.91 Å². The summed E-state index contributed by atoms with van der Waals surface area (Å²) in [5, 5.41) is 1.16. The van der Waals surface area contributed by atoms with Gasteiger partial charge in [-0.05, 0) is 77.7 Å². The van der Waals surface area contributed by atoms with Crippen LogP contribution >= 0.6 is 23.2 Å². The third-order valence-corrected chi connectivity index (χ3v) is 7.94. The van der Waals surface area contributed by atoms with E-state index < -0.39 is 0 Å². The molecule has 1 amide bonds. The summed E-state index contributed by atoms with van der Waals surface area (Å²) in [7, 11) is 1.67. The Morgan fingerprint density at radius 3 is 2.27 bits per heavy atom. The van der Waals surface area contributed by atoms with Crippen molar-refractivity contribution in [1.82, 2.24) is 14.8 Å². The zero-order chi connectivity index (χ0) is 30.9. The summed E-state index contributed by atoms with van der Waals surface area (Å²) in [5.41, 5.74) is 4.04. The molecule has 0 atom stereocenters. The normalized spacial score (nSPS) is 13.7. The average molecular weight is 633 g/mol. The van der Waals surface area contributed by atoms with E-state index in [0.29, 0.717) is 47.1 Å². The lowest BCUT2D eigenvalue weighted by molar-refractivity contribution is -0.127. The molecule has 7 nitrogen and oxygen atoms in total. The van der Waals surface area contributed by atoms with Crippen molar-refractivity contribution in [1.29, 1.82) is 0 Å². The number of halogens is 2. The van der Waals surface area contributed by atoms with E-state index in [4.69, 9.17) is 37.4 Å². The summed E-state index contributed by atoms with van der Waals surface area (Å²) < 4.78 is 17.0. The summed E-state index contributed by atoms with van der Waals surface area (Å²) in [4.78, 5) is 21.5. The van der Waals surface area contributed by atoms with Gasteiger partial charge in [0.15, 0.2) is 5.75 Å². The number of piperazine rings is 1. The van der Waals surface area contributed by atoms with Gasteiger partial charge < -0.3 is 19.1 Å². The molecule has 4 aromatic rings. The number of ether oxygens (including phenoxy) is 3. The van der Waals surface area contributed by atoms with Crippen molar-refractivity contribution in [2.45, 2.75) is 19.9 Å². The average Bonchev–Trinajstić information content (AvgIpc) is 3.04. The van der Waals surface area contributed by atoms with Gasteiger partial charge in [-0.15, -0.1) is 0 Å². The highest BCUT2D eigenvalue weighted by atomic mass is 35.5. The third kappa shape index (κ3) is 8.76. The first-order valence-corrected chi connectivity index (χ1v) is 15.3. The van der Waals surface area contributed by atoms with E-state index in [1.807, 2.05) is 60.4 Å². The van der Waals surface area contributed by atoms with Crippen LogP contribution < -0.4 is 14.2 Å². The molecule has 0 unspecified atom stereocenters. The molecular formula is C35H35Cl2N3O4. The number of benzene rings is 3. The first-order chi connectivity index (χ1) is 21.4. The highest BCUT2D eigenvalue weighted by Gasteiger charge is 2.20. The van der Waals surface area contributed by atoms with E-state index in [2.05, 4.69) is 22.0 Å². The van der Waals surface area contributed by atoms with E-state index in [1.54, 1.807) is 37.6 Å². The van der Waals surface area contributed by atoms with Crippen LogP contribution in [0.4, 0.5) is 0 Å². The van der Waals surface area contributed by atoms with Crippen LogP contribution in [0.15, 0.2) is 85.1 Å². The highest BCUT2D eigenvalue weighted by Crippen LogP contribution is 2.34. The van der Waals surface area contributed by atoms with Crippen LogP contribution in [0.3, 0.4) is 0 Å². The molecule has 9 heteroatoms. The fourth-order valence-electron chi connectivity index (χ4n) is 4.93. The first kappa shape index (κ1) is 31.4. The van der Waals surface area contributed by atoms with Gasteiger partial charge in [0.25, 0.3) is 0 Å². The lowest BCUT2D eigenvalue weighted by atomic mass is 10.1. The van der Waals surface area contributed by atoms with E-state index >= 15 is 0 Å². The van der Waals surface area contributed by atoms with E-state index in [1.165, 1.54) is 5.56 Å². The van der Waals surface area contributed by atoms with Gasteiger partial charge in [-0.25, -0.2) is 4.98 Å². The van der Waals surface area contributed by atoms with Gasteiger partial charge in [-0.2, -0.15) is 0 Å². The lowest BCUT2D eigenvalue weighted by Gasteiger charge is -2.34. The second kappa shape index (κ2) is 15.1. The molecule has 0 saturated carbocycles. The standard InChI is InChI=1S/C35H35Cl2N3O4/c1-25-21-28(7-14-34(41)40-18-16-39(17-19-40)24-27-5-10-30(42-2)11-6-27)22-32(37)35(25)44-33-13-12-31(23-38-33)43-20-15-26-3-8-29(36)9-4-26/h3-14,21-23H,15-20,24H2,1-2H3/b14-7+. The fourth-order valence-corrected chi connectivity index (χ4v) is 5.37. The number of aryl methyl sites for hydroxylation is 1. The number of nitrogens with zero attached hydrogens (tertiary/aromatic N) is 3. The predicted molar refractivity (Wildman–Crippen MR) is 175 cm³/mol. The molecule has 5 rings (SSSR count). The van der Waals surface area contributed by atoms with Gasteiger partial charge in [0.2, 0.25) is 11.8 Å². The molecule has 0 radical (unpaired) electrons. The molecular weight excluding hydrogens is 597 g/mol. The van der Waals surface area contributed by atoms with Crippen molar-refractivity contribution in [3.05, 3.63) is 117 Å². The highest BCUT2D eigenvalue weighted by molar-refractivity contribution is 6.32. The van der Waals surface area contributed by atoms with Crippen LogP contribution in [0.25, 0.3) is 6.08 Å². The van der Waals surface area contributed by atoms with Crippen molar-refractivity contribution in [2.24, 2.45) is 0 Å². The van der Waals surface area contributed by atoms with Crippen LogP contribution in [0, 0.1) is 6.92 Å². The Balaban J connectivity index is 1.09. The van der Waals surface area contributed by atoms with Gasteiger partial charge in [0.1, 0.15) is 11.5 Å². The molecule has 1 aromatic heterocycles. The molecule has 2 heterocycles. The molecule has 1 fully saturated rings. The SMILES string of the molecule is COc1ccc(CN2CCN(C(=O)/C=C/c3cc(C)c(Oc4ccc(OCCc5ccc(Cl)cc5)cn4)c(Cl)c3)CC2)cc1. The van der Waals surface area contributed by atoms with Gasteiger partial charge in [-0.1, -0.05) is 47.5 Å². The largest absolute Gasteiger partial charge is 0.497 e.